The van der Waals surface area contributed by atoms with Gasteiger partial charge in [-0.25, -0.2) is 22.7 Å². The Kier molecular flexibility index (Phi) is 6.54. The number of pyridine rings is 1. The summed E-state index contributed by atoms with van der Waals surface area (Å²) in [6.45, 7) is 3.06. The zero-order valence-electron chi connectivity index (χ0n) is 19.8. The van der Waals surface area contributed by atoms with Crippen LogP contribution in [0.15, 0.2) is 35.3 Å². The molecule has 1 aromatic carbocycles. The lowest BCUT2D eigenvalue weighted by atomic mass is 10.1. The van der Waals surface area contributed by atoms with Gasteiger partial charge in [0.2, 0.25) is 5.95 Å². The standard InChI is InChI=1S/C24H23F4N7O2/c1-13-10-30-35-16-4-2-14(19(27)20(16)32-24(37)21(13)35)12-33-6-8-34(9-7-33)17-5-3-15(31-22(17)28)23(36)29-11-18(25)26/h2-5,10,18H,6-9,11-12H2,1H3,(H,29,36)(H,32,37). The van der Waals surface area contributed by atoms with E-state index in [0.29, 0.717) is 48.3 Å². The molecule has 37 heavy (non-hydrogen) atoms. The first-order chi connectivity index (χ1) is 17.7. The van der Waals surface area contributed by atoms with Crippen LogP contribution in [0.1, 0.15) is 21.6 Å². The lowest BCUT2D eigenvalue weighted by Crippen LogP contribution is -2.46. The fourth-order valence-corrected chi connectivity index (χ4v) is 4.52. The third-order valence-corrected chi connectivity index (χ3v) is 6.42. The minimum absolute atomic E-state index is 0.0857. The summed E-state index contributed by atoms with van der Waals surface area (Å²) < 4.78 is 55.9. The van der Waals surface area contributed by atoms with Crippen LogP contribution in [0, 0.1) is 18.7 Å². The maximum absolute atomic E-state index is 15.4. The molecule has 0 radical (unpaired) electrons. The Morgan fingerprint density at radius 2 is 1.89 bits per heavy atom. The smallest absolute Gasteiger partial charge is 0.274 e. The second kappa shape index (κ2) is 9.81. The van der Waals surface area contributed by atoms with Gasteiger partial charge in [-0.05, 0) is 25.1 Å². The van der Waals surface area contributed by atoms with E-state index >= 15 is 4.39 Å². The Bertz CT molecular complexity index is 1540. The summed E-state index contributed by atoms with van der Waals surface area (Å²) >= 11 is 0. The molecule has 0 saturated carbocycles. The number of aromatic amines is 1. The van der Waals surface area contributed by atoms with Gasteiger partial charge in [0.15, 0.2) is 5.82 Å². The second-order valence-electron chi connectivity index (χ2n) is 8.85. The molecule has 3 aromatic heterocycles. The highest BCUT2D eigenvalue weighted by Crippen LogP contribution is 2.24. The van der Waals surface area contributed by atoms with Gasteiger partial charge in [0, 0.05) is 43.9 Å². The zero-order chi connectivity index (χ0) is 26.3. The van der Waals surface area contributed by atoms with Gasteiger partial charge in [0.1, 0.15) is 16.7 Å². The highest BCUT2D eigenvalue weighted by Gasteiger charge is 2.23. The van der Waals surface area contributed by atoms with Crippen molar-refractivity contribution >= 4 is 28.1 Å². The molecule has 13 heteroatoms. The van der Waals surface area contributed by atoms with Gasteiger partial charge < -0.3 is 15.2 Å². The number of alkyl halides is 2. The second-order valence-corrected chi connectivity index (χ2v) is 8.85. The van der Waals surface area contributed by atoms with Crippen molar-refractivity contribution in [2.24, 2.45) is 0 Å². The van der Waals surface area contributed by atoms with Gasteiger partial charge in [-0.15, -0.1) is 0 Å². The number of carbonyl (C=O) groups is 1. The van der Waals surface area contributed by atoms with E-state index in [1.165, 1.54) is 16.6 Å². The maximum atomic E-state index is 15.4. The average Bonchev–Trinajstić information content (AvgIpc) is 3.27. The van der Waals surface area contributed by atoms with Crippen LogP contribution < -0.4 is 15.8 Å². The minimum atomic E-state index is -2.72. The molecule has 5 rings (SSSR count). The summed E-state index contributed by atoms with van der Waals surface area (Å²) in [7, 11) is 0. The first-order valence-electron chi connectivity index (χ1n) is 11.6. The van der Waals surface area contributed by atoms with Crippen molar-refractivity contribution in [1.29, 1.82) is 0 Å². The molecule has 4 aromatic rings. The number of aryl methyl sites for hydroxylation is 1. The molecule has 194 valence electrons. The van der Waals surface area contributed by atoms with Crippen molar-refractivity contribution in [2.45, 2.75) is 19.9 Å². The maximum Gasteiger partial charge on any atom is 0.274 e. The number of aromatic nitrogens is 4. The highest BCUT2D eigenvalue weighted by molar-refractivity contribution is 5.92. The molecule has 0 bridgehead atoms. The Labute approximate surface area is 207 Å². The monoisotopic (exact) mass is 517 g/mol. The molecule has 1 fully saturated rings. The molecule has 0 atom stereocenters. The Morgan fingerprint density at radius 1 is 1.14 bits per heavy atom. The van der Waals surface area contributed by atoms with Crippen molar-refractivity contribution in [2.75, 3.05) is 37.6 Å². The number of benzene rings is 1. The van der Waals surface area contributed by atoms with Crippen LogP contribution in [-0.2, 0) is 6.54 Å². The number of hydrogen-bond donors (Lipinski definition) is 2. The lowest BCUT2D eigenvalue weighted by Gasteiger charge is -2.36. The van der Waals surface area contributed by atoms with Gasteiger partial charge >= 0.3 is 0 Å². The number of anilines is 1. The summed E-state index contributed by atoms with van der Waals surface area (Å²) in [5, 5.41) is 6.18. The molecular formula is C24H23F4N7O2. The van der Waals surface area contributed by atoms with Crippen LogP contribution in [0.5, 0.6) is 0 Å². The molecule has 0 aliphatic carbocycles. The molecule has 1 aliphatic heterocycles. The molecule has 2 N–H and O–H groups in total. The van der Waals surface area contributed by atoms with Gasteiger partial charge in [-0.3, -0.25) is 14.5 Å². The molecule has 9 nitrogen and oxygen atoms in total. The Balaban J connectivity index is 1.27. The summed E-state index contributed by atoms with van der Waals surface area (Å²) in [6.07, 6.45) is -1.16. The number of H-pyrrole nitrogens is 1. The van der Waals surface area contributed by atoms with Crippen molar-refractivity contribution in [3.05, 3.63) is 69.4 Å². The third-order valence-electron chi connectivity index (χ3n) is 6.42. The largest absolute Gasteiger partial charge is 0.365 e. The van der Waals surface area contributed by atoms with E-state index in [9.17, 15) is 22.8 Å². The summed E-state index contributed by atoms with van der Waals surface area (Å²) in [5.74, 6) is -2.27. The normalized spacial score (nSPS) is 14.7. The van der Waals surface area contributed by atoms with Crippen LogP contribution in [0.4, 0.5) is 23.2 Å². The number of nitrogens with one attached hydrogen (secondary N) is 2. The van der Waals surface area contributed by atoms with Crippen LogP contribution >= 0.6 is 0 Å². The summed E-state index contributed by atoms with van der Waals surface area (Å²) in [5.41, 5.74) is 1.52. The van der Waals surface area contributed by atoms with Crippen molar-refractivity contribution in [3.63, 3.8) is 0 Å². The van der Waals surface area contributed by atoms with Crippen LogP contribution in [0.25, 0.3) is 16.6 Å². The molecule has 0 unspecified atom stereocenters. The first-order valence-corrected chi connectivity index (χ1v) is 11.6. The zero-order valence-corrected chi connectivity index (χ0v) is 19.8. The molecule has 4 heterocycles. The van der Waals surface area contributed by atoms with E-state index in [1.807, 2.05) is 10.2 Å². The van der Waals surface area contributed by atoms with Gasteiger partial charge in [-0.1, -0.05) is 6.07 Å². The van der Waals surface area contributed by atoms with Gasteiger partial charge in [-0.2, -0.15) is 9.49 Å². The number of nitrogens with zero attached hydrogens (tertiary/aromatic N) is 5. The van der Waals surface area contributed by atoms with Gasteiger partial charge in [0.25, 0.3) is 17.9 Å². The lowest BCUT2D eigenvalue weighted by molar-refractivity contribution is 0.0886. The quantitative estimate of drug-likeness (QED) is 0.301. The summed E-state index contributed by atoms with van der Waals surface area (Å²) in [6, 6.07) is 6.07. The van der Waals surface area contributed by atoms with E-state index in [0.717, 1.165) is 0 Å². The van der Waals surface area contributed by atoms with Crippen LogP contribution in [0.3, 0.4) is 0 Å². The fraction of sp³-hybridized carbons (Fsp3) is 0.333. The fourth-order valence-electron chi connectivity index (χ4n) is 4.52. The SMILES string of the molecule is Cc1cnn2c1c(=O)[nH]c1c(F)c(CN3CCN(c4ccc(C(=O)NCC(F)F)nc4F)CC3)ccc12. The predicted molar refractivity (Wildman–Crippen MR) is 128 cm³/mol. The van der Waals surface area contributed by atoms with Crippen LogP contribution in [-0.4, -0.2) is 69.5 Å². The number of piperazine rings is 1. The number of halogens is 4. The van der Waals surface area contributed by atoms with E-state index in [2.05, 4.69) is 15.1 Å². The number of amides is 1. The van der Waals surface area contributed by atoms with Crippen molar-refractivity contribution in [3.8, 4) is 0 Å². The molecule has 1 saturated heterocycles. The van der Waals surface area contributed by atoms with Crippen molar-refractivity contribution in [1.82, 2.24) is 29.8 Å². The predicted octanol–water partition coefficient (Wildman–Crippen LogP) is 2.47. The average molecular weight is 517 g/mol. The Morgan fingerprint density at radius 3 is 2.59 bits per heavy atom. The number of carbonyl (C=O) groups excluding carboxylic acids is 1. The molecule has 0 spiro atoms. The number of fused-ring (bicyclic) bond motifs is 3. The molecular weight excluding hydrogens is 494 g/mol. The number of hydrogen-bond acceptors (Lipinski definition) is 6. The first kappa shape index (κ1) is 24.7. The molecule has 1 amide bonds. The number of rotatable bonds is 6. The third kappa shape index (κ3) is 4.73. The van der Waals surface area contributed by atoms with Gasteiger partial charge in [0.05, 0.1) is 23.9 Å². The Hall–Kier alpha value is -4.00. The van der Waals surface area contributed by atoms with E-state index in [4.69, 9.17) is 0 Å². The van der Waals surface area contributed by atoms with Crippen molar-refractivity contribution < 1.29 is 22.4 Å². The van der Waals surface area contributed by atoms with E-state index < -0.39 is 36.2 Å². The molecule has 1 aliphatic rings. The van der Waals surface area contributed by atoms with E-state index in [-0.39, 0.29) is 23.4 Å². The van der Waals surface area contributed by atoms with E-state index in [1.54, 1.807) is 30.2 Å². The highest BCUT2D eigenvalue weighted by atomic mass is 19.3. The van der Waals surface area contributed by atoms with Crippen LogP contribution in [0.2, 0.25) is 0 Å². The summed E-state index contributed by atoms with van der Waals surface area (Å²) in [4.78, 5) is 34.3. The minimum Gasteiger partial charge on any atom is -0.365 e. The topological polar surface area (TPSA) is 98.6 Å².